The van der Waals surface area contributed by atoms with E-state index >= 15 is 0 Å². The number of halogens is 3. The summed E-state index contributed by atoms with van der Waals surface area (Å²) in [5.41, 5.74) is 0.911. The van der Waals surface area contributed by atoms with Crippen LogP contribution < -0.4 is 4.90 Å². The van der Waals surface area contributed by atoms with Crippen LogP contribution in [0.15, 0.2) is 52.3 Å². The van der Waals surface area contributed by atoms with Crippen LogP contribution in [0.2, 0.25) is 0 Å². The number of hydrogen-bond donors (Lipinski definition) is 0. The predicted octanol–water partition coefficient (Wildman–Crippen LogP) is 4.51. The van der Waals surface area contributed by atoms with Crippen LogP contribution in [0, 0.1) is 0 Å². The maximum Gasteiger partial charge on any atom is 0.416 e. The van der Waals surface area contributed by atoms with Crippen molar-refractivity contribution >= 4 is 29.0 Å². The second kappa shape index (κ2) is 11.6. The number of para-hydroxylation sites is 1. The fourth-order valence-electron chi connectivity index (χ4n) is 4.31. The Morgan fingerprint density at radius 2 is 1.71 bits per heavy atom. The summed E-state index contributed by atoms with van der Waals surface area (Å²) in [7, 11) is 1.59. The third-order valence-corrected chi connectivity index (χ3v) is 7.32. The number of piperazine rings is 1. The van der Waals surface area contributed by atoms with E-state index in [-0.39, 0.29) is 12.5 Å². The molecule has 2 aromatic rings. The van der Waals surface area contributed by atoms with Crippen molar-refractivity contribution in [3.05, 3.63) is 48.0 Å². The van der Waals surface area contributed by atoms with Gasteiger partial charge in [-0.05, 0) is 43.3 Å². The monoisotopic (exact) mass is 509 g/mol. The van der Waals surface area contributed by atoms with Gasteiger partial charge in [0.1, 0.15) is 6.61 Å². The highest BCUT2D eigenvalue weighted by Crippen LogP contribution is 2.49. The van der Waals surface area contributed by atoms with Crippen molar-refractivity contribution in [3.63, 3.8) is 0 Å². The molecule has 0 bridgehead atoms. The van der Waals surface area contributed by atoms with Crippen molar-refractivity contribution in [2.75, 3.05) is 71.1 Å². The number of carbonyl (C=O) groups is 1. The van der Waals surface area contributed by atoms with Gasteiger partial charge in [-0.25, -0.2) is 0 Å². The van der Waals surface area contributed by atoms with E-state index in [0.29, 0.717) is 38.5 Å². The van der Waals surface area contributed by atoms with Gasteiger partial charge in [0.05, 0.1) is 30.2 Å². The molecule has 0 aromatic heterocycles. The van der Waals surface area contributed by atoms with Gasteiger partial charge in [-0.1, -0.05) is 23.9 Å². The molecule has 2 aliphatic heterocycles. The van der Waals surface area contributed by atoms with E-state index in [4.69, 9.17) is 9.47 Å². The van der Waals surface area contributed by atoms with Crippen LogP contribution in [0.5, 0.6) is 0 Å². The van der Waals surface area contributed by atoms with Gasteiger partial charge in [0.15, 0.2) is 0 Å². The number of carbonyl (C=O) groups excluding carboxylic acids is 1. The SMILES string of the molecule is COCCOCC(=O)N1CCN(CCCN2c3ccccc3Sc3ccc(C(F)(F)F)cc32)CC1. The fourth-order valence-corrected chi connectivity index (χ4v) is 5.39. The molecule has 1 amide bonds. The molecule has 6 nitrogen and oxygen atoms in total. The summed E-state index contributed by atoms with van der Waals surface area (Å²) in [4.78, 5) is 20.3. The molecule has 1 saturated heterocycles. The van der Waals surface area contributed by atoms with Gasteiger partial charge in [0.25, 0.3) is 0 Å². The zero-order valence-electron chi connectivity index (χ0n) is 19.7. The maximum absolute atomic E-state index is 13.4. The van der Waals surface area contributed by atoms with Crippen molar-refractivity contribution in [2.45, 2.75) is 22.4 Å². The first kappa shape index (κ1) is 25.8. The first-order valence-corrected chi connectivity index (χ1v) is 12.5. The molecule has 0 radical (unpaired) electrons. The number of anilines is 2. The van der Waals surface area contributed by atoms with E-state index in [2.05, 4.69) is 4.90 Å². The number of nitrogens with zero attached hydrogens (tertiary/aromatic N) is 3. The Morgan fingerprint density at radius 3 is 2.46 bits per heavy atom. The van der Waals surface area contributed by atoms with Crippen LogP contribution in [0.3, 0.4) is 0 Å². The van der Waals surface area contributed by atoms with E-state index in [1.807, 2.05) is 34.1 Å². The van der Waals surface area contributed by atoms with Gasteiger partial charge in [0, 0.05) is 49.6 Å². The molecule has 0 spiro atoms. The Hall–Kier alpha value is -2.27. The van der Waals surface area contributed by atoms with Gasteiger partial charge < -0.3 is 19.3 Å². The summed E-state index contributed by atoms with van der Waals surface area (Å²) in [5.74, 6) is -0.0137. The lowest BCUT2D eigenvalue weighted by molar-refractivity contribution is -0.138. The van der Waals surface area contributed by atoms with Crippen LogP contribution in [-0.4, -0.2) is 81.9 Å². The fraction of sp³-hybridized carbons (Fsp3) is 0.480. The van der Waals surface area contributed by atoms with Gasteiger partial charge in [-0.3, -0.25) is 9.69 Å². The molecule has 2 aliphatic rings. The van der Waals surface area contributed by atoms with Crippen LogP contribution >= 0.6 is 11.8 Å². The minimum absolute atomic E-state index is 0.0137. The molecule has 2 aromatic carbocycles. The van der Waals surface area contributed by atoms with Gasteiger partial charge in [-0.2, -0.15) is 13.2 Å². The minimum atomic E-state index is -4.38. The van der Waals surface area contributed by atoms with Gasteiger partial charge in [0.2, 0.25) is 5.91 Å². The molecule has 10 heteroatoms. The molecule has 0 atom stereocenters. The lowest BCUT2D eigenvalue weighted by Crippen LogP contribution is -2.50. The molecule has 4 rings (SSSR count). The summed E-state index contributed by atoms with van der Waals surface area (Å²) < 4.78 is 50.4. The van der Waals surface area contributed by atoms with E-state index < -0.39 is 11.7 Å². The summed E-state index contributed by atoms with van der Waals surface area (Å²) in [5, 5.41) is 0. The molecule has 2 heterocycles. The molecule has 35 heavy (non-hydrogen) atoms. The highest BCUT2D eigenvalue weighted by molar-refractivity contribution is 7.99. The standard InChI is InChI=1S/C25H30F3N3O3S/c1-33-15-16-34-18-24(32)30-13-11-29(12-14-30)9-4-10-31-20-5-2-3-6-22(20)35-23-8-7-19(17-21(23)31)25(26,27)28/h2-3,5-8,17H,4,9-16,18H2,1H3. The average Bonchev–Trinajstić information content (AvgIpc) is 2.85. The maximum atomic E-state index is 13.4. The number of ether oxygens (including phenoxy) is 2. The normalized spacial score (nSPS) is 16.2. The number of amides is 1. The van der Waals surface area contributed by atoms with Crippen LogP contribution in [-0.2, 0) is 20.4 Å². The first-order chi connectivity index (χ1) is 16.9. The summed E-state index contributed by atoms with van der Waals surface area (Å²) in [6, 6.07) is 11.8. The number of hydrogen-bond acceptors (Lipinski definition) is 6. The van der Waals surface area contributed by atoms with Crippen molar-refractivity contribution in [1.82, 2.24) is 9.80 Å². The van der Waals surface area contributed by atoms with Crippen LogP contribution in [0.4, 0.5) is 24.5 Å². The lowest BCUT2D eigenvalue weighted by Gasteiger charge is -2.36. The Morgan fingerprint density at radius 1 is 0.971 bits per heavy atom. The molecular formula is C25H30F3N3O3S. The average molecular weight is 510 g/mol. The smallest absolute Gasteiger partial charge is 0.382 e. The summed E-state index contributed by atoms with van der Waals surface area (Å²) >= 11 is 1.50. The zero-order chi connectivity index (χ0) is 24.8. The molecule has 190 valence electrons. The first-order valence-electron chi connectivity index (χ1n) is 11.7. The van der Waals surface area contributed by atoms with Gasteiger partial charge in [-0.15, -0.1) is 0 Å². The topological polar surface area (TPSA) is 45.3 Å². The van der Waals surface area contributed by atoms with Crippen molar-refractivity contribution in [2.24, 2.45) is 0 Å². The number of rotatable bonds is 9. The van der Waals surface area contributed by atoms with E-state index in [1.54, 1.807) is 13.2 Å². The second-order valence-corrected chi connectivity index (χ2v) is 9.61. The molecule has 1 fully saturated rings. The van der Waals surface area contributed by atoms with Crippen molar-refractivity contribution < 1.29 is 27.4 Å². The number of benzene rings is 2. The quantitative estimate of drug-likeness (QED) is 0.464. The Bertz CT molecular complexity index is 1010. The van der Waals surface area contributed by atoms with E-state index in [1.165, 1.54) is 17.8 Å². The van der Waals surface area contributed by atoms with Crippen LogP contribution in [0.1, 0.15) is 12.0 Å². The number of fused-ring (bicyclic) bond motifs is 2. The third kappa shape index (κ3) is 6.49. The second-order valence-electron chi connectivity index (χ2n) is 8.52. The summed E-state index contributed by atoms with van der Waals surface area (Å²) in [6.07, 6.45) is -3.59. The van der Waals surface area contributed by atoms with E-state index in [0.717, 1.165) is 47.6 Å². The highest BCUT2D eigenvalue weighted by atomic mass is 32.2. The van der Waals surface area contributed by atoms with Crippen molar-refractivity contribution in [1.29, 1.82) is 0 Å². The van der Waals surface area contributed by atoms with Crippen LogP contribution in [0.25, 0.3) is 0 Å². The molecular weight excluding hydrogens is 479 g/mol. The predicted molar refractivity (Wildman–Crippen MR) is 129 cm³/mol. The lowest BCUT2D eigenvalue weighted by atomic mass is 10.1. The molecule has 0 unspecified atom stereocenters. The largest absolute Gasteiger partial charge is 0.416 e. The Kier molecular flexibility index (Phi) is 8.59. The molecule has 0 N–H and O–H groups in total. The zero-order valence-corrected chi connectivity index (χ0v) is 20.5. The Labute approximate surface area is 208 Å². The highest BCUT2D eigenvalue weighted by Gasteiger charge is 2.33. The van der Waals surface area contributed by atoms with Gasteiger partial charge >= 0.3 is 6.18 Å². The third-order valence-electron chi connectivity index (χ3n) is 6.19. The minimum Gasteiger partial charge on any atom is -0.382 e. The molecule has 0 aliphatic carbocycles. The molecule has 0 saturated carbocycles. The number of methoxy groups -OCH3 is 1. The van der Waals surface area contributed by atoms with Crippen molar-refractivity contribution in [3.8, 4) is 0 Å². The summed E-state index contributed by atoms with van der Waals surface area (Å²) in [6.45, 7) is 5.17. The number of alkyl halides is 3. The Balaban J connectivity index is 1.34. The van der Waals surface area contributed by atoms with E-state index in [9.17, 15) is 18.0 Å².